The van der Waals surface area contributed by atoms with Crippen LogP contribution >= 0.6 is 0 Å². The van der Waals surface area contributed by atoms with Crippen molar-refractivity contribution in [2.45, 2.75) is 40.0 Å². The zero-order valence-electron chi connectivity index (χ0n) is 8.01. The minimum atomic E-state index is 1.04. The van der Waals surface area contributed by atoms with Gasteiger partial charge < -0.3 is 0 Å². The maximum atomic E-state index is 2.43. The van der Waals surface area contributed by atoms with Crippen LogP contribution in [0.5, 0.6) is 0 Å². The van der Waals surface area contributed by atoms with Gasteiger partial charge in [0.25, 0.3) is 0 Å². The van der Waals surface area contributed by atoms with Gasteiger partial charge in [0.05, 0.1) is 0 Å². The first kappa shape index (κ1) is 7.64. The topological polar surface area (TPSA) is 0 Å². The Morgan fingerprint density at radius 3 is 2.00 bits per heavy atom. The molecule has 0 amide bonds. The second kappa shape index (κ2) is 2.50. The van der Waals surface area contributed by atoms with Gasteiger partial charge in [-0.2, -0.15) is 0 Å². The zero-order chi connectivity index (χ0) is 8.01. The molecule has 0 aromatic carbocycles. The minimum Gasteiger partial charge on any atom is -0.0651 e. The van der Waals surface area contributed by atoms with Crippen LogP contribution in [0.15, 0.2) is 0 Å². The van der Waals surface area contributed by atoms with E-state index in [0.717, 1.165) is 29.6 Å². The first-order chi connectivity index (χ1) is 5.24. The maximum absolute atomic E-state index is 2.43. The molecule has 0 N–H and O–H groups in total. The van der Waals surface area contributed by atoms with Gasteiger partial charge in [-0.15, -0.1) is 0 Å². The van der Waals surface area contributed by atoms with Gasteiger partial charge in [-0.3, -0.25) is 0 Å². The lowest BCUT2D eigenvalue weighted by Crippen LogP contribution is -2.36. The Morgan fingerprint density at radius 1 is 1.00 bits per heavy atom. The van der Waals surface area contributed by atoms with E-state index in [1.165, 1.54) is 19.3 Å². The fourth-order valence-corrected chi connectivity index (χ4v) is 3.15. The van der Waals surface area contributed by atoms with E-state index in [1.807, 2.05) is 0 Å². The molecule has 0 saturated heterocycles. The van der Waals surface area contributed by atoms with Crippen molar-refractivity contribution in [3.8, 4) is 0 Å². The molecule has 0 spiro atoms. The van der Waals surface area contributed by atoms with Crippen molar-refractivity contribution in [3.05, 3.63) is 0 Å². The number of rotatable bonds is 2. The van der Waals surface area contributed by atoms with E-state index in [2.05, 4.69) is 20.8 Å². The second-order valence-electron chi connectivity index (χ2n) is 4.83. The highest BCUT2D eigenvalue weighted by Crippen LogP contribution is 2.57. The zero-order valence-corrected chi connectivity index (χ0v) is 8.01. The van der Waals surface area contributed by atoms with Crippen LogP contribution in [0.4, 0.5) is 0 Å². The van der Waals surface area contributed by atoms with Crippen molar-refractivity contribution in [1.82, 2.24) is 0 Å². The molecule has 2 aliphatic carbocycles. The maximum Gasteiger partial charge on any atom is -0.0350 e. The molecule has 2 fully saturated rings. The molecule has 0 nitrogen and oxygen atoms in total. The highest BCUT2D eigenvalue weighted by atomic mass is 14.5. The van der Waals surface area contributed by atoms with Gasteiger partial charge >= 0.3 is 0 Å². The average molecular weight is 152 g/mol. The monoisotopic (exact) mass is 152 g/mol. The summed E-state index contributed by atoms with van der Waals surface area (Å²) in [5.41, 5.74) is 0. The van der Waals surface area contributed by atoms with Crippen LogP contribution < -0.4 is 0 Å². The molecule has 5 unspecified atom stereocenters. The predicted molar refractivity (Wildman–Crippen MR) is 48.3 cm³/mol. The van der Waals surface area contributed by atoms with Gasteiger partial charge in [0.15, 0.2) is 0 Å². The highest BCUT2D eigenvalue weighted by molar-refractivity contribution is 4.98. The van der Waals surface area contributed by atoms with Crippen molar-refractivity contribution in [3.63, 3.8) is 0 Å². The molecular weight excluding hydrogens is 132 g/mol. The summed E-state index contributed by atoms with van der Waals surface area (Å²) < 4.78 is 0. The lowest BCUT2D eigenvalue weighted by atomic mass is 9.62. The van der Waals surface area contributed by atoms with E-state index in [1.54, 1.807) is 0 Å². The summed E-state index contributed by atoms with van der Waals surface area (Å²) in [7, 11) is 0. The molecule has 11 heavy (non-hydrogen) atoms. The van der Waals surface area contributed by atoms with E-state index in [4.69, 9.17) is 0 Å². The molecule has 0 aliphatic heterocycles. The summed E-state index contributed by atoms with van der Waals surface area (Å²) in [6.45, 7) is 7.21. The molecule has 0 bridgehead atoms. The van der Waals surface area contributed by atoms with Gasteiger partial charge in [-0.1, -0.05) is 27.2 Å². The molecule has 2 saturated carbocycles. The molecule has 64 valence electrons. The van der Waals surface area contributed by atoms with Crippen LogP contribution in [0.25, 0.3) is 0 Å². The van der Waals surface area contributed by atoms with Crippen LogP contribution in [0.2, 0.25) is 0 Å². The third-order valence-corrected chi connectivity index (χ3v) is 4.12. The molecule has 5 atom stereocenters. The van der Waals surface area contributed by atoms with Gasteiger partial charge in [0.1, 0.15) is 0 Å². The standard InChI is InChI=1S/C11H20/c1-4-9-7(2)6-11(9)10-5-8(10)3/h7-11H,4-6H2,1-3H3. The summed E-state index contributed by atoms with van der Waals surface area (Å²) >= 11 is 0. The highest BCUT2D eigenvalue weighted by Gasteiger charge is 2.49. The number of hydrogen-bond acceptors (Lipinski definition) is 0. The first-order valence-electron chi connectivity index (χ1n) is 5.24. The smallest absolute Gasteiger partial charge is 0.0350 e. The van der Waals surface area contributed by atoms with Crippen LogP contribution in [0.1, 0.15) is 40.0 Å². The van der Waals surface area contributed by atoms with E-state index in [-0.39, 0.29) is 0 Å². The Labute approximate surface area is 70.4 Å². The molecule has 0 heterocycles. The Bertz CT molecular complexity index is 150. The normalized spacial score (nSPS) is 55.4. The number of hydrogen-bond donors (Lipinski definition) is 0. The van der Waals surface area contributed by atoms with Crippen molar-refractivity contribution in [1.29, 1.82) is 0 Å². The molecule has 2 aliphatic rings. The minimum absolute atomic E-state index is 1.04. The van der Waals surface area contributed by atoms with Gasteiger partial charge in [-0.05, 0) is 42.4 Å². The molecular formula is C11H20. The third kappa shape index (κ3) is 1.11. The van der Waals surface area contributed by atoms with Crippen molar-refractivity contribution in [2.75, 3.05) is 0 Å². The molecule has 0 aromatic rings. The van der Waals surface area contributed by atoms with Crippen LogP contribution in [-0.2, 0) is 0 Å². The SMILES string of the molecule is CCC1C(C)CC1C1CC1C. The Hall–Kier alpha value is 0. The predicted octanol–water partition coefficient (Wildman–Crippen LogP) is 3.32. The van der Waals surface area contributed by atoms with Crippen LogP contribution in [0, 0.1) is 29.6 Å². The summed E-state index contributed by atoms with van der Waals surface area (Å²) in [6, 6.07) is 0. The average Bonchev–Trinajstić information content (AvgIpc) is 2.62. The molecule has 0 heteroatoms. The summed E-state index contributed by atoms with van der Waals surface area (Å²) in [6.07, 6.45) is 4.50. The second-order valence-corrected chi connectivity index (χ2v) is 4.83. The van der Waals surface area contributed by atoms with E-state index in [0.29, 0.717) is 0 Å². The Kier molecular flexibility index (Phi) is 1.74. The Balaban J connectivity index is 1.87. The van der Waals surface area contributed by atoms with Gasteiger partial charge in [-0.25, -0.2) is 0 Å². The fourth-order valence-electron chi connectivity index (χ4n) is 3.15. The van der Waals surface area contributed by atoms with E-state index >= 15 is 0 Å². The van der Waals surface area contributed by atoms with Crippen molar-refractivity contribution in [2.24, 2.45) is 29.6 Å². The summed E-state index contributed by atoms with van der Waals surface area (Å²) in [5, 5.41) is 0. The third-order valence-electron chi connectivity index (χ3n) is 4.12. The summed E-state index contributed by atoms with van der Waals surface area (Å²) in [4.78, 5) is 0. The van der Waals surface area contributed by atoms with Crippen molar-refractivity contribution < 1.29 is 0 Å². The fraction of sp³-hybridized carbons (Fsp3) is 1.00. The molecule has 0 radical (unpaired) electrons. The largest absolute Gasteiger partial charge is 0.0651 e. The lowest BCUT2D eigenvalue weighted by Gasteiger charge is -2.43. The van der Waals surface area contributed by atoms with Gasteiger partial charge in [0, 0.05) is 0 Å². The lowest BCUT2D eigenvalue weighted by molar-refractivity contribution is 0.0595. The Morgan fingerprint density at radius 2 is 1.64 bits per heavy atom. The van der Waals surface area contributed by atoms with E-state index < -0.39 is 0 Å². The quantitative estimate of drug-likeness (QED) is 0.569. The van der Waals surface area contributed by atoms with Crippen LogP contribution in [0.3, 0.4) is 0 Å². The van der Waals surface area contributed by atoms with Crippen LogP contribution in [-0.4, -0.2) is 0 Å². The molecule has 2 rings (SSSR count). The summed E-state index contributed by atoms with van der Waals surface area (Å²) in [5.74, 6) is 5.46. The van der Waals surface area contributed by atoms with E-state index in [9.17, 15) is 0 Å². The molecule has 0 aromatic heterocycles. The first-order valence-corrected chi connectivity index (χ1v) is 5.24. The van der Waals surface area contributed by atoms with Gasteiger partial charge in [0.2, 0.25) is 0 Å². The van der Waals surface area contributed by atoms with Crippen molar-refractivity contribution >= 4 is 0 Å².